The van der Waals surface area contributed by atoms with Crippen molar-refractivity contribution in [3.63, 3.8) is 0 Å². The fraction of sp³-hybridized carbons (Fsp3) is 0.306. The number of aliphatic hydroxyl groups is 2. The van der Waals surface area contributed by atoms with Crippen molar-refractivity contribution in [1.82, 2.24) is 0 Å². The van der Waals surface area contributed by atoms with Gasteiger partial charge in [-0.05, 0) is 61.4 Å². The number of allylic oxidation sites excluding steroid dienone is 3. The van der Waals surface area contributed by atoms with Gasteiger partial charge in [0.1, 0.15) is 23.3 Å². The number of benzene rings is 3. The Morgan fingerprint density at radius 3 is 1.26 bits per heavy atom. The normalized spacial score (nSPS) is 15.2. The molecule has 3 atom stereocenters. The topological polar surface area (TPSA) is 66.8 Å². The van der Waals surface area contributed by atoms with E-state index >= 15 is 0 Å². The molecule has 251 valence electrons. The Kier molecular flexibility index (Phi) is 25.7. The van der Waals surface area contributed by atoms with E-state index in [2.05, 4.69) is 0 Å². The van der Waals surface area contributed by atoms with Crippen molar-refractivity contribution in [2.45, 2.75) is 64.2 Å². The van der Waals surface area contributed by atoms with Gasteiger partial charge in [0, 0.05) is 12.2 Å². The first kappa shape index (κ1) is 44.6. The zero-order chi connectivity index (χ0) is 33.6. The second-order valence-corrected chi connectivity index (χ2v) is 18.5. The van der Waals surface area contributed by atoms with Crippen LogP contribution in [0.25, 0.3) is 18.2 Å². The van der Waals surface area contributed by atoms with Gasteiger partial charge >= 0.3 is 42.6 Å². The molecule has 0 radical (unpaired) electrons. The standard InChI is InChI=1S/C20H22O2.C10H10O.C5H8Cl2O.CH4.3ClH.Ti/c1-3-5-15-7-11-17(12-8-15)19(21)20(22)18-13-9-16(6-4-2)10-14-18;1-2-3-9-4-6-10(8-11)7-5-9;6-5(7)4-2-1-3-8-4;;;;;/h3-14,19-22H,1-2H3;2-8H,1H3;4-5H,1-3H2;1H4;3*1H;/q;;;;;;;+3/p-3/b5-3+,6-4+;3-2+;;;;;;. The summed E-state index contributed by atoms with van der Waals surface area (Å²) in [6.45, 7) is 6.71. The molecule has 0 aromatic heterocycles. The van der Waals surface area contributed by atoms with Crippen LogP contribution in [-0.2, 0) is 19.4 Å². The van der Waals surface area contributed by atoms with E-state index in [1.807, 2.05) is 130 Å². The van der Waals surface area contributed by atoms with E-state index in [1.165, 1.54) is 0 Å². The molecular formula is C36H44Cl5O4Ti. The van der Waals surface area contributed by atoms with Crippen LogP contribution in [0.4, 0.5) is 0 Å². The van der Waals surface area contributed by atoms with Gasteiger partial charge in [-0.2, -0.15) is 0 Å². The molecule has 4 nitrogen and oxygen atoms in total. The molecule has 1 saturated heterocycles. The third-order valence-corrected chi connectivity index (χ3v) is 6.81. The molecular weight excluding hydrogens is 722 g/mol. The maximum absolute atomic E-state index is 10.4. The van der Waals surface area contributed by atoms with Crippen LogP contribution in [0.5, 0.6) is 0 Å². The van der Waals surface area contributed by atoms with Gasteiger partial charge in [-0.1, -0.05) is 117 Å². The van der Waals surface area contributed by atoms with E-state index in [4.69, 9.17) is 55.9 Å². The monoisotopic (exact) mass is 763 g/mol. The zero-order valence-corrected chi connectivity index (χ0v) is 30.8. The summed E-state index contributed by atoms with van der Waals surface area (Å²) in [6, 6.07) is 22.6. The molecule has 46 heavy (non-hydrogen) atoms. The molecule has 0 spiro atoms. The number of aliphatic hydroxyl groups excluding tert-OH is 2. The molecule has 2 N–H and O–H groups in total. The maximum atomic E-state index is 10.4. The number of rotatable bonds is 8. The number of alkyl halides is 2. The molecule has 3 aromatic rings. The second-order valence-electron chi connectivity index (χ2n) is 9.61. The Hall–Kier alpha value is -1.41. The summed E-state index contributed by atoms with van der Waals surface area (Å²) in [5.74, 6) is 0. The Morgan fingerprint density at radius 2 is 1.02 bits per heavy atom. The van der Waals surface area contributed by atoms with Crippen LogP contribution in [0.3, 0.4) is 0 Å². The van der Waals surface area contributed by atoms with Crippen molar-refractivity contribution >= 4 is 75.6 Å². The summed E-state index contributed by atoms with van der Waals surface area (Å²) < 4.78 is 5.15. The van der Waals surface area contributed by atoms with Gasteiger partial charge in [0.15, 0.2) is 0 Å². The minimum absolute atomic E-state index is 0. The molecule has 0 amide bonds. The SMILES string of the molecule is C.C/C=C/c1ccc(C(O)C(O)c2ccc(/C=C/C)cc2)cc1.C/C=C/c1ccc(C=O)cc1.ClC(Cl)C1CCCO1.[Cl][Ti]([Cl])[Cl]. The fourth-order valence-corrected chi connectivity index (χ4v) is 4.43. The minimum atomic E-state index is -1.92. The van der Waals surface area contributed by atoms with Crippen LogP contribution in [0, 0.1) is 0 Å². The molecule has 0 bridgehead atoms. The number of hydrogen-bond acceptors (Lipinski definition) is 4. The number of aldehydes is 1. The molecule has 0 aliphatic carbocycles. The zero-order valence-electron chi connectivity index (χ0n) is 25.5. The molecule has 0 saturated carbocycles. The van der Waals surface area contributed by atoms with Gasteiger partial charge in [0.05, 0.1) is 6.10 Å². The van der Waals surface area contributed by atoms with Crippen molar-refractivity contribution < 1.29 is 34.4 Å². The number of hydrogen-bond donors (Lipinski definition) is 2. The Balaban J connectivity index is 0.000000700. The Bertz CT molecular complexity index is 1230. The van der Waals surface area contributed by atoms with Gasteiger partial charge in [0.25, 0.3) is 0 Å². The van der Waals surface area contributed by atoms with E-state index in [0.29, 0.717) is 11.1 Å². The van der Waals surface area contributed by atoms with Crippen LogP contribution >= 0.6 is 51.1 Å². The summed E-state index contributed by atoms with van der Waals surface area (Å²) in [5.41, 5.74) is 5.40. The van der Waals surface area contributed by atoms with Gasteiger partial charge in [-0.25, -0.2) is 0 Å². The third kappa shape index (κ3) is 18.8. The number of halogens is 5. The third-order valence-electron chi connectivity index (χ3n) is 6.25. The number of ether oxygens (including phenoxy) is 1. The van der Waals surface area contributed by atoms with Crippen LogP contribution in [0.15, 0.2) is 91.0 Å². The summed E-state index contributed by atoms with van der Waals surface area (Å²) in [6.07, 6.45) is 13.1. The van der Waals surface area contributed by atoms with Gasteiger partial charge in [-0.15, -0.1) is 23.2 Å². The molecule has 1 heterocycles. The van der Waals surface area contributed by atoms with E-state index in [9.17, 15) is 15.0 Å². The first-order valence-corrected chi connectivity index (χ1v) is 21.6. The van der Waals surface area contributed by atoms with Crippen LogP contribution < -0.4 is 0 Å². The Labute approximate surface area is 303 Å². The molecule has 3 aromatic carbocycles. The van der Waals surface area contributed by atoms with Crippen LogP contribution in [-0.4, -0.2) is 34.0 Å². The van der Waals surface area contributed by atoms with E-state index in [1.54, 1.807) is 0 Å². The molecule has 3 unspecified atom stereocenters. The first-order valence-electron chi connectivity index (χ1n) is 14.3. The first-order chi connectivity index (χ1) is 21.6. The summed E-state index contributed by atoms with van der Waals surface area (Å²) in [5, 5.41) is 20.7. The van der Waals surface area contributed by atoms with Crippen molar-refractivity contribution in [2.75, 3.05) is 6.61 Å². The Morgan fingerprint density at radius 1 is 0.696 bits per heavy atom. The van der Waals surface area contributed by atoms with E-state index in [-0.39, 0.29) is 18.4 Å². The van der Waals surface area contributed by atoms with E-state index < -0.39 is 26.9 Å². The average Bonchev–Trinajstić information content (AvgIpc) is 3.59. The summed E-state index contributed by atoms with van der Waals surface area (Å²) in [7, 11) is 14.9. The van der Waals surface area contributed by atoms with Crippen LogP contribution in [0.1, 0.15) is 91.4 Å². The van der Waals surface area contributed by atoms with E-state index in [0.717, 1.165) is 48.0 Å². The van der Waals surface area contributed by atoms with Crippen LogP contribution in [0.2, 0.25) is 0 Å². The molecule has 1 aliphatic heterocycles. The molecule has 1 aliphatic rings. The summed E-state index contributed by atoms with van der Waals surface area (Å²) >= 11 is 9.13. The quantitative estimate of drug-likeness (QED) is 0.136. The second kappa shape index (κ2) is 26.5. The van der Waals surface area contributed by atoms with Crippen molar-refractivity contribution in [3.05, 3.63) is 124 Å². The number of carbonyl (C=O) groups excluding carboxylic acids is 1. The average molecular weight is 766 g/mol. The number of carbonyl (C=O) groups is 1. The van der Waals surface area contributed by atoms with Crippen molar-refractivity contribution in [3.8, 4) is 0 Å². The van der Waals surface area contributed by atoms with Gasteiger partial charge < -0.3 is 14.9 Å². The molecule has 4 rings (SSSR count). The van der Waals surface area contributed by atoms with Gasteiger partial charge in [-0.3, -0.25) is 4.79 Å². The molecule has 1 fully saturated rings. The van der Waals surface area contributed by atoms with Crippen molar-refractivity contribution in [1.29, 1.82) is 0 Å². The molecule has 10 heteroatoms. The summed E-state index contributed by atoms with van der Waals surface area (Å²) in [4.78, 5) is 9.92. The predicted molar refractivity (Wildman–Crippen MR) is 198 cm³/mol. The van der Waals surface area contributed by atoms with Crippen molar-refractivity contribution in [2.24, 2.45) is 0 Å². The van der Waals surface area contributed by atoms with Gasteiger partial charge in [0.2, 0.25) is 0 Å². The predicted octanol–water partition coefficient (Wildman–Crippen LogP) is 11.7. The fourth-order valence-electron chi connectivity index (χ4n) is 4.04.